The van der Waals surface area contributed by atoms with Crippen LogP contribution in [0.5, 0.6) is 0 Å². The molecule has 1 aliphatic rings. The Kier molecular flexibility index (Phi) is 5.24. The van der Waals surface area contributed by atoms with E-state index < -0.39 is 11.6 Å². The average molecular weight is 384 g/mol. The summed E-state index contributed by atoms with van der Waals surface area (Å²) in [5, 5.41) is 13.9. The summed E-state index contributed by atoms with van der Waals surface area (Å²) in [6.45, 7) is 2.99. The molecule has 1 aliphatic heterocycles. The molecule has 0 unspecified atom stereocenters. The van der Waals surface area contributed by atoms with Crippen molar-refractivity contribution >= 4 is 28.8 Å². The van der Waals surface area contributed by atoms with Crippen molar-refractivity contribution in [3.63, 3.8) is 0 Å². The Labute approximate surface area is 160 Å². The maximum Gasteiger partial charge on any atom is 0.249 e. The molecule has 7 nitrogen and oxygen atoms in total. The van der Waals surface area contributed by atoms with Gasteiger partial charge in [-0.15, -0.1) is 5.10 Å². The number of nitrogens with zero attached hydrogens (tertiary/aromatic N) is 4. The van der Waals surface area contributed by atoms with Crippen LogP contribution in [0.2, 0.25) is 0 Å². The van der Waals surface area contributed by atoms with Gasteiger partial charge in [-0.05, 0) is 24.3 Å². The van der Waals surface area contributed by atoms with Gasteiger partial charge in [0.2, 0.25) is 5.95 Å². The largest absolute Gasteiger partial charge is 0.378 e. The topological polar surface area (TPSA) is 75.2 Å². The van der Waals surface area contributed by atoms with Crippen molar-refractivity contribution in [3.8, 4) is 0 Å². The average Bonchev–Trinajstić information content (AvgIpc) is 2.72. The third-order valence-corrected chi connectivity index (χ3v) is 4.25. The molecule has 9 heteroatoms. The lowest BCUT2D eigenvalue weighted by atomic mass is 10.2. The smallest absolute Gasteiger partial charge is 0.249 e. The maximum absolute atomic E-state index is 13.4. The number of hydrogen-bond acceptors (Lipinski definition) is 7. The zero-order valence-corrected chi connectivity index (χ0v) is 14.9. The van der Waals surface area contributed by atoms with Gasteiger partial charge in [0.25, 0.3) is 0 Å². The highest BCUT2D eigenvalue weighted by Gasteiger charge is 2.15. The van der Waals surface area contributed by atoms with Crippen molar-refractivity contribution in [1.29, 1.82) is 0 Å². The molecule has 0 aliphatic carbocycles. The number of para-hydroxylation sites is 2. The van der Waals surface area contributed by atoms with Crippen LogP contribution in [0.4, 0.5) is 37.6 Å². The second-order valence-electron chi connectivity index (χ2n) is 6.16. The van der Waals surface area contributed by atoms with E-state index in [4.69, 9.17) is 4.74 Å². The Balaban J connectivity index is 1.53. The Morgan fingerprint density at radius 3 is 2.61 bits per heavy atom. The highest BCUT2D eigenvalue weighted by molar-refractivity contribution is 5.74. The SMILES string of the molecule is Fc1ccc(Nc2nncc(Nc3ccccc3N3CCOCC3)n2)cc1F. The molecule has 2 heterocycles. The summed E-state index contributed by atoms with van der Waals surface area (Å²) in [7, 11) is 0. The molecular weight excluding hydrogens is 366 g/mol. The second kappa shape index (κ2) is 8.13. The Morgan fingerprint density at radius 2 is 1.79 bits per heavy atom. The van der Waals surface area contributed by atoms with Crippen molar-refractivity contribution in [3.05, 3.63) is 60.3 Å². The lowest BCUT2D eigenvalue weighted by Gasteiger charge is -2.30. The van der Waals surface area contributed by atoms with Gasteiger partial charge < -0.3 is 20.3 Å². The molecule has 1 fully saturated rings. The fourth-order valence-corrected chi connectivity index (χ4v) is 2.92. The van der Waals surface area contributed by atoms with Gasteiger partial charge in [-0.25, -0.2) is 8.78 Å². The zero-order chi connectivity index (χ0) is 19.3. The first-order valence-electron chi connectivity index (χ1n) is 8.79. The minimum absolute atomic E-state index is 0.167. The van der Waals surface area contributed by atoms with E-state index in [1.807, 2.05) is 24.3 Å². The predicted octanol–water partition coefficient (Wildman–Crippen LogP) is 3.47. The summed E-state index contributed by atoms with van der Waals surface area (Å²) in [6.07, 6.45) is 1.49. The molecule has 0 bridgehead atoms. The molecule has 4 rings (SSSR count). The van der Waals surface area contributed by atoms with Crippen LogP contribution >= 0.6 is 0 Å². The van der Waals surface area contributed by atoms with Gasteiger partial charge in [-0.2, -0.15) is 10.1 Å². The Hall–Kier alpha value is -3.33. The third-order valence-electron chi connectivity index (χ3n) is 4.25. The number of rotatable bonds is 5. The van der Waals surface area contributed by atoms with Crippen LogP contribution in [0.25, 0.3) is 0 Å². The van der Waals surface area contributed by atoms with E-state index in [1.165, 1.54) is 12.3 Å². The molecule has 28 heavy (non-hydrogen) atoms. The van der Waals surface area contributed by atoms with E-state index in [1.54, 1.807) is 0 Å². The van der Waals surface area contributed by atoms with Crippen molar-refractivity contribution in [2.24, 2.45) is 0 Å². The van der Waals surface area contributed by atoms with Crippen molar-refractivity contribution in [2.45, 2.75) is 0 Å². The molecule has 2 N–H and O–H groups in total. The van der Waals surface area contributed by atoms with Crippen molar-refractivity contribution in [2.75, 3.05) is 41.8 Å². The molecule has 0 amide bonds. The number of ether oxygens (including phenoxy) is 1. The predicted molar refractivity (Wildman–Crippen MR) is 102 cm³/mol. The number of morpholine rings is 1. The minimum Gasteiger partial charge on any atom is -0.378 e. The molecule has 0 radical (unpaired) electrons. The maximum atomic E-state index is 13.4. The van der Waals surface area contributed by atoms with Crippen LogP contribution in [0.3, 0.4) is 0 Å². The van der Waals surface area contributed by atoms with Crippen molar-refractivity contribution in [1.82, 2.24) is 15.2 Å². The van der Waals surface area contributed by atoms with Gasteiger partial charge in [0.05, 0.1) is 30.8 Å². The lowest BCUT2D eigenvalue weighted by molar-refractivity contribution is 0.123. The molecule has 0 spiro atoms. The van der Waals surface area contributed by atoms with E-state index in [-0.39, 0.29) is 5.95 Å². The highest BCUT2D eigenvalue weighted by atomic mass is 19.2. The van der Waals surface area contributed by atoms with Gasteiger partial charge >= 0.3 is 0 Å². The molecule has 0 atom stereocenters. The fourth-order valence-electron chi connectivity index (χ4n) is 2.92. The van der Waals surface area contributed by atoms with E-state index in [2.05, 4.69) is 30.7 Å². The summed E-state index contributed by atoms with van der Waals surface area (Å²) >= 11 is 0. The molecule has 0 saturated carbocycles. The summed E-state index contributed by atoms with van der Waals surface area (Å²) in [5.74, 6) is -1.23. The molecule has 1 saturated heterocycles. The zero-order valence-electron chi connectivity index (χ0n) is 14.9. The van der Waals surface area contributed by atoms with Gasteiger partial charge in [0.15, 0.2) is 17.5 Å². The van der Waals surface area contributed by atoms with Crippen LogP contribution in [0, 0.1) is 11.6 Å². The normalized spacial score (nSPS) is 14.0. The number of benzene rings is 2. The van der Waals surface area contributed by atoms with Gasteiger partial charge in [-0.3, -0.25) is 0 Å². The fraction of sp³-hybridized carbons (Fsp3) is 0.211. The van der Waals surface area contributed by atoms with Crippen LogP contribution in [0.1, 0.15) is 0 Å². The summed E-state index contributed by atoms with van der Waals surface area (Å²) < 4.78 is 31.9. The number of halogens is 2. The molecule has 3 aromatic rings. The minimum atomic E-state index is -0.952. The van der Waals surface area contributed by atoms with E-state index in [0.29, 0.717) is 24.7 Å². The first-order valence-corrected chi connectivity index (χ1v) is 8.79. The summed E-state index contributed by atoms with van der Waals surface area (Å²) in [4.78, 5) is 6.58. The number of aromatic nitrogens is 3. The molecule has 2 aromatic carbocycles. The van der Waals surface area contributed by atoms with Crippen molar-refractivity contribution < 1.29 is 13.5 Å². The molecule has 1 aromatic heterocycles. The lowest BCUT2D eigenvalue weighted by Crippen LogP contribution is -2.36. The Bertz CT molecular complexity index is 965. The summed E-state index contributed by atoms with van der Waals surface area (Å²) in [5.41, 5.74) is 2.25. The Morgan fingerprint density at radius 1 is 0.964 bits per heavy atom. The van der Waals surface area contributed by atoms with Crippen LogP contribution in [-0.2, 0) is 4.74 Å². The summed E-state index contributed by atoms with van der Waals surface area (Å²) in [6, 6.07) is 11.4. The first-order chi connectivity index (χ1) is 13.7. The molecule has 144 valence electrons. The van der Waals surface area contributed by atoms with Crippen LogP contribution < -0.4 is 15.5 Å². The van der Waals surface area contributed by atoms with Gasteiger partial charge in [0, 0.05) is 24.8 Å². The number of nitrogens with one attached hydrogen (secondary N) is 2. The third kappa shape index (κ3) is 4.15. The first kappa shape index (κ1) is 18.1. The van der Waals surface area contributed by atoms with Gasteiger partial charge in [-0.1, -0.05) is 12.1 Å². The second-order valence-corrected chi connectivity index (χ2v) is 6.16. The molecular formula is C19H18F2N6O. The monoisotopic (exact) mass is 384 g/mol. The number of anilines is 5. The quantitative estimate of drug-likeness (QED) is 0.698. The number of hydrogen-bond donors (Lipinski definition) is 2. The van der Waals surface area contributed by atoms with Crippen LogP contribution in [-0.4, -0.2) is 41.5 Å². The van der Waals surface area contributed by atoms with Gasteiger partial charge in [0.1, 0.15) is 0 Å². The van der Waals surface area contributed by atoms with Crippen LogP contribution in [0.15, 0.2) is 48.7 Å². The standard InChI is InChI=1S/C19H18F2N6O/c20-14-6-5-13(11-15(14)21)23-19-25-18(12-22-26-19)24-16-3-1-2-4-17(16)27-7-9-28-10-8-27/h1-6,11-12H,7-10H2,(H2,23,24,25,26). The highest BCUT2D eigenvalue weighted by Crippen LogP contribution is 2.28. The van der Waals surface area contributed by atoms with E-state index in [0.717, 1.165) is 36.6 Å². The van der Waals surface area contributed by atoms with E-state index >= 15 is 0 Å². The van der Waals surface area contributed by atoms with E-state index in [9.17, 15) is 8.78 Å².